The average Bonchev–Trinajstić information content (AvgIpc) is 3.13. The summed E-state index contributed by atoms with van der Waals surface area (Å²) < 4.78 is 0. The minimum Gasteiger partial charge on any atom is -0.363 e. The van der Waals surface area contributed by atoms with Crippen LogP contribution in [-0.2, 0) is 0 Å². The predicted octanol–water partition coefficient (Wildman–Crippen LogP) is 3.18. The molecule has 1 aliphatic heterocycles. The minimum absolute atomic E-state index is 0.0919. The highest BCUT2D eigenvalue weighted by molar-refractivity contribution is 7.80. The van der Waals surface area contributed by atoms with Gasteiger partial charge < -0.3 is 15.2 Å². The summed E-state index contributed by atoms with van der Waals surface area (Å²) in [5, 5.41) is 4.26. The van der Waals surface area contributed by atoms with Crippen LogP contribution in [0.3, 0.4) is 0 Å². The van der Waals surface area contributed by atoms with Gasteiger partial charge in [0.05, 0.1) is 17.8 Å². The van der Waals surface area contributed by atoms with Crippen LogP contribution in [0.4, 0.5) is 0 Å². The Labute approximate surface area is 130 Å². The van der Waals surface area contributed by atoms with E-state index < -0.39 is 0 Å². The fourth-order valence-electron chi connectivity index (χ4n) is 2.84. The highest BCUT2D eigenvalue weighted by atomic mass is 32.1. The number of aromatic amines is 1. The van der Waals surface area contributed by atoms with Gasteiger partial charge in [0.2, 0.25) is 0 Å². The number of rotatable bonds is 5. The number of unbranched alkanes of at least 4 members (excludes halogenated alkanes) is 1. The fourth-order valence-corrected chi connectivity index (χ4v) is 3.17. The highest BCUT2D eigenvalue weighted by Crippen LogP contribution is 2.37. The van der Waals surface area contributed by atoms with Crippen LogP contribution in [0.5, 0.6) is 0 Å². The van der Waals surface area contributed by atoms with Gasteiger partial charge in [0.15, 0.2) is 5.11 Å². The van der Waals surface area contributed by atoms with Gasteiger partial charge >= 0.3 is 0 Å². The number of thiocarbonyl (C=S) groups is 1. The van der Waals surface area contributed by atoms with Gasteiger partial charge in [-0.3, -0.25) is 4.98 Å². The number of hydrogen-bond acceptors (Lipinski definition) is 2. The molecule has 1 saturated heterocycles. The fraction of sp³-hybridized carbons (Fsp3) is 0.375. The second-order valence-electron chi connectivity index (χ2n) is 5.30. The zero-order valence-corrected chi connectivity index (χ0v) is 12.9. The van der Waals surface area contributed by atoms with E-state index >= 15 is 0 Å². The molecule has 110 valence electrons. The average molecular weight is 300 g/mol. The molecule has 2 atom stereocenters. The van der Waals surface area contributed by atoms with Gasteiger partial charge in [-0.2, -0.15) is 0 Å². The van der Waals surface area contributed by atoms with Crippen LogP contribution >= 0.6 is 12.2 Å². The van der Waals surface area contributed by atoms with Crippen LogP contribution in [0.15, 0.2) is 42.7 Å². The monoisotopic (exact) mass is 300 g/mol. The van der Waals surface area contributed by atoms with Crippen LogP contribution < -0.4 is 5.32 Å². The summed E-state index contributed by atoms with van der Waals surface area (Å²) in [6.45, 7) is 3.17. The molecule has 0 spiro atoms. The van der Waals surface area contributed by atoms with E-state index in [-0.39, 0.29) is 12.1 Å². The second kappa shape index (κ2) is 6.26. The summed E-state index contributed by atoms with van der Waals surface area (Å²) in [5.74, 6) is 0. The lowest BCUT2D eigenvalue weighted by atomic mass is 10.0. The predicted molar refractivity (Wildman–Crippen MR) is 87.9 cm³/mol. The molecule has 3 rings (SSSR count). The van der Waals surface area contributed by atoms with Gasteiger partial charge in [-0.05, 0) is 42.9 Å². The number of hydrogen-bond donors (Lipinski definition) is 2. The molecule has 0 aromatic carbocycles. The number of H-pyrrole nitrogens is 1. The van der Waals surface area contributed by atoms with E-state index in [9.17, 15) is 0 Å². The molecule has 21 heavy (non-hydrogen) atoms. The Morgan fingerprint density at radius 3 is 2.86 bits per heavy atom. The molecule has 0 unspecified atom stereocenters. The quantitative estimate of drug-likeness (QED) is 0.832. The maximum absolute atomic E-state index is 5.56. The molecular weight excluding hydrogens is 280 g/mol. The normalized spacial score (nSPS) is 21.6. The first-order valence-corrected chi connectivity index (χ1v) is 7.83. The molecule has 0 radical (unpaired) electrons. The van der Waals surface area contributed by atoms with Gasteiger partial charge in [-0.25, -0.2) is 0 Å². The number of aromatic nitrogens is 2. The molecule has 0 bridgehead atoms. The lowest BCUT2D eigenvalue weighted by Crippen LogP contribution is -2.30. The molecule has 2 aromatic rings. The van der Waals surface area contributed by atoms with Crippen molar-refractivity contribution >= 4 is 17.3 Å². The van der Waals surface area contributed by atoms with Gasteiger partial charge in [-0.1, -0.05) is 19.4 Å². The lowest BCUT2D eigenvalue weighted by molar-refractivity contribution is 0.308. The van der Waals surface area contributed by atoms with Crippen molar-refractivity contribution in [1.29, 1.82) is 0 Å². The summed E-state index contributed by atoms with van der Waals surface area (Å²) in [7, 11) is 0. The first kappa shape index (κ1) is 14.1. The van der Waals surface area contributed by atoms with E-state index in [0.29, 0.717) is 0 Å². The van der Waals surface area contributed by atoms with E-state index in [1.54, 1.807) is 0 Å². The molecule has 2 aromatic heterocycles. The van der Waals surface area contributed by atoms with Crippen LogP contribution in [0.25, 0.3) is 0 Å². The van der Waals surface area contributed by atoms with E-state index in [1.807, 2.05) is 30.6 Å². The van der Waals surface area contributed by atoms with Crippen LogP contribution in [0, 0.1) is 0 Å². The zero-order valence-electron chi connectivity index (χ0n) is 12.1. The third-order valence-corrected chi connectivity index (χ3v) is 4.24. The van der Waals surface area contributed by atoms with Crippen molar-refractivity contribution in [3.8, 4) is 0 Å². The van der Waals surface area contributed by atoms with Crippen LogP contribution in [0.2, 0.25) is 0 Å². The van der Waals surface area contributed by atoms with Crippen molar-refractivity contribution in [3.63, 3.8) is 0 Å². The van der Waals surface area contributed by atoms with Gasteiger partial charge in [-0.15, -0.1) is 0 Å². The van der Waals surface area contributed by atoms with E-state index in [0.717, 1.165) is 30.2 Å². The van der Waals surface area contributed by atoms with Crippen molar-refractivity contribution in [2.75, 3.05) is 6.54 Å². The topological polar surface area (TPSA) is 44.0 Å². The van der Waals surface area contributed by atoms with Crippen LogP contribution in [-0.4, -0.2) is 26.5 Å². The van der Waals surface area contributed by atoms with Crippen LogP contribution in [0.1, 0.15) is 43.2 Å². The first-order valence-electron chi connectivity index (χ1n) is 7.42. The smallest absolute Gasteiger partial charge is 0.170 e. The summed E-state index contributed by atoms with van der Waals surface area (Å²) in [6, 6.07) is 10.4. The summed E-state index contributed by atoms with van der Waals surface area (Å²) in [4.78, 5) is 10.1. The Morgan fingerprint density at radius 1 is 1.29 bits per heavy atom. The minimum atomic E-state index is 0.0919. The molecule has 0 saturated carbocycles. The molecule has 1 fully saturated rings. The number of nitrogens with one attached hydrogen (secondary N) is 2. The van der Waals surface area contributed by atoms with Gasteiger partial charge in [0.1, 0.15) is 0 Å². The molecule has 4 nitrogen and oxygen atoms in total. The molecule has 0 aliphatic carbocycles. The zero-order chi connectivity index (χ0) is 14.7. The molecule has 0 amide bonds. The maximum Gasteiger partial charge on any atom is 0.170 e. The largest absolute Gasteiger partial charge is 0.363 e. The standard InChI is InChI=1S/C16H20N4S/c1-2-3-11-20-15(13-8-6-10-18-13)14(19-16(20)21)12-7-4-5-9-17-12/h4-10,14-15,18H,2-3,11H2,1H3,(H,19,21)/t14-,15-/m1/s1. The Morgan fingerprint density at radius 2 is 2.19 bits per heavy atom. The van der Waals surface area contributed by atoms with Crippen molar-refractivity contribution in [1.82, 2.24) is 20.2 Å². The maximum atomic E-state index is 5.56. The third kappa shape index (κ3) is 2.78. The molecule has 2 N–H and O–H groups in total. The molecule has 5 heteroatoms. The molecule has 3 heterocycles. The molecule has 1 aliphatic rings. The highest BCUT2D eigenvalue weighted by Gasteiger charge is 2.39. The number of pyridine rings is 1. The van der Waals surface area contributed by atoms with Crippen molar-refractivity contribution in [2.45, 2.75) is 31.8 Å². The van der Waals surface area contributed by atoms with Crippen molar-refractivity contribution < 1.29 is 0 Å². The Kier molecular flexibility index (Phi) is 4.20. The summed E-state index contributed by atoms with van der Waals surface area (Å²) >= 11 is 5.56. The summed E-state index contributed by atoms with van der Waals surface area (Å²) in [5.41, 5.74) is 2.20. The van der Waals surface area contributed by atoms with Crippen molar-refractivity contribution in [3.05, 3.63) is 54.1 Å². The van der Waals surface area contributed by atoms with E-state index in [1.165, 1.54) is 5.69 Å². The van der Waals surface area contributed by atoms with Gasteiger partial charge in [0.25, 0.3) is 0 Å². The van der Waals surface area contributed by atoms with E-state index in [2.05, 4.69) is 39.2 Å². The van der Waals surface area contributed by atoms with Gasteiger partial charge in [0, 0.05) is 24.6 Å². The first-order chi connectivity index (χ1) is 10.3. The second-order valence-corrected chi connectivity index (χ2v) is 5.69. The van der Waals surface area contributed by atoms with E-state index in [4.69, 9.17) is 12.2 Å². The number of nitrogens with zero attached hydrogens (tertiary/aromatic N) is 2. The Hall–Kier alpha value is -1.88. The van der Waals surface area contributed by atoms with Crippen molar-refractivity contribution in [2.24, 2.45) is 0 Å². The molecular formula is C16H20N4S. The lowest BCUT2D eigenvalue weighted by Gasteiger charge is -2.26. The Balaban J connectivity index is 1.94. The SMILES string of the molecule is CCCCN1C(=S)N[C@H](c2ccccn2)[C@H]1c1ccc[nH]1. The Bertz CT molecular complexity index is 582. The summed E-state index contributed by atoms with van der Waals surface area (Å²) in [6.07, 6.45) is 6.09. The third-order valence-electron chi connectivity index (χ3n) is 3.89.